The molecule has 0 aliphatic heterocycles. The van der Waals surface area contributed by atoms with Crippen molar-refractivity contribution in [3.05, 3.63) is 47.8 Å². The number of carbonyl (C=O) groups excluding carboxylic acids is 1. The van der Waals surface area contributed by atoms with Crippen LogP contribution in [0.25, 0.3) is 5.57 Å². The highest BCUT2D eigenvalue weighted by molar-refractivity contribution is 5.72. The van der Waals surface area contributed by atoms with Crippen LogP contribution in [-0.4, -0.2) is 23.6 Å². The highest BCUT2D eigenvalue weighted by Gasteiger charge is 2.57. The van der Waals surface area contributed by atoms with Crippen molar-refractivity contribution in [3.8, 4) is 0 Å². The predicted octanol–water partition coefficient (Wildman–Crippen LogP) is 4.91. The molecule has 0 amide bonds. The fourth-order valence-electron chi connectivity index (χ4n) is 7.50. The summed E-state index contributed by atoms with van der Waals surface area (Å²) < 4.78 is 5.60. The third-order valence-electron chi connectivity index (χ3n) is 9.08. The second-order valence-electron chi connectivity index (χ2n) is 10.4. The molecule has 6 unspecified atom stereocenters. The molecule has 30 heavy (non-hydrogen) atoms. The van der Waals surface area contributed by atoms with Crippen molar-refractivity contribution in [3.63, 3.8) is 0 Å². The average Bonchev–Trinajstić information content (AvgIpc) is 3.11. The van der Waals surface area contributed by atoms with E-state index in [0.717, 1.165) is 31.1 Å². The van der Waals surface area contributed by atoms with Gasteiger partial charge in [0.05, 0.1) is 6.54 Å². The van der Waals surface area contributed by atoms with E-state index in [1.807, 2.05) is 12.4 Å². The first kappa shape index (κ1) is 20.0. The Hall–Kier alpha value is -1.94. The Balaban J connectivity index is 1.38. The topological polar surface area (TPSA) is 65.2 Å². The van der Waals surface area contributed by atoms with Crippen LogP contribution in [0.5, 0.6) is 0 Å². The second kappa shape index (κ2) is 7.33. The lowest BCUT2D eigenvalue weighted by Gasteiger charge is -2.57. The predicted molar refractivity (Wildman–Crippen MR) is 118 cm³/mol. The number of fused-ring (bicyclic) bond motifs is 5. The number of nitrogens with zero attached hydrogens (tertiary/aromatic N) is 1. The highest BCUT2D eigenvalue weighted by atomic mass is 16.5. The molecule has 2 N–H and O–H groups in total. The van der Waals surface area contributed by atoms with E-state index in [0.29, 0.717) is 5.92 Å². The van der Waals surface area contributed by atoms with Crippen LogP contribution in [0, 0.1) is 28.6 Å². The van der Waals surface area contributed by atoms with E-state index in [9.17, 15) is 4.79 Å². The van der Waals surface area contributed by atoms with Crippen molar-refractivity contribution < 1.29 is 9.53 Å². The number of hydrogen-bond acceptors (Lipinski definition) is 4. The number of pyridine rings is 1. The van der Waals surface area contributed by atoms with E-state index in [2.05, 4.69) is 43.1 Å². The zero-order valence-electron chi connectivity index (χ0n) is 18.3. The second-order valence-corrected chi connectivity index (χ2v) is 10.4. The molecule has 0 saturated heterocycles. The van der Waals surface area contributed by atoms with E-state index in [1.54, 1.807) is 0 Å². The number of aromatic nitrogens is 1. The quantitative estimate of drug-likeness (QED) is 0.572. The molecule has 160 valence electrons. The van der Waals surface area contributed by atoms with Crippen molar-refractivity contribution in [1.29, 1.82) is 0 Å². The Morgan fingerprint density at radius 3 is 2.77 bits per heavy atom. The normalized spacial score (nSPS) is 39.8. The van der Waals surface area contributed by atoms with Gasteiger partial charge in [-0.3, -0.25) is 9.78 Å². The maximum atomic E-state index is 11.7. The molecule has 4 nitrogen and oxygen atoms in total. The average molecular weight is 407 g/mol. The van der Waals surface area contributed by atoms with Gasteiger partial charge in [0.1, 0.15) is 6.10 Å². The molecule has 5 rings (SSSR count). The third-order valence-corrected chi connectivity index (χ3v) is 9.08. The molecule has 0 bridgehead atoms. The lowest BCUT2D eigenvalue weighted by molar-refractivity contribution is -0.149. The Morgan fingerprint density at radius 1 is 1.17 bits per heavy atom. The number of rotatable bonds is 3. The van der Waals surface area contributed by atoms with Gasteiger partial charge >= 0.3 is 5.97 Å². The van der Waals surface area contributed by atoms with Crippen LogP contribution in [0.4, 0.5) is 0 Å². The first-order valence-corrected chi connectivity index (χ1v) is 11.7. The van der Waals surface area contributed by atoms with Gasteiger partial charge in [0.2, 0.25) is 0 Å². The standard InChI is InChI=1S/C26H34N2O2/c1-25-11-9-19(30-24(29)15-27)14-18(25)5-6-20-22-8-7-21(17-4-3-13-28-16-17)26(22,2)12-10-23(20)25/h3-5,7,13,16,19-20,22-23H,6,8-12,14-15,27H2,1-2H3. The minimum atomic E-state index is -0.272. The molecule has 4 heteroatoms. The monoisotopic (exact) mass is 406 g/mol. The lowest BCUT2D eigenvalue weighted by Crippen LogP contribution is -2.50. The summed E-state index contributed by atoms with van der Waals surface area (Å²) in [6.45, 7) is 4.97. The fraction of sp³-hybridized carbons (Fsp3) is 0.615. The summed E-state index contributed by atoms with van der Waals surface area (Å²) in [5.41, 5.74) is 10.3. The van der Waals surface area contributed by atoms with Gasteiger partial charge in [0, 0.05) is 18.8 Å². The minimum absolute atomic E-state index is 0.0103. The van der Waals surface area contributed by atoms with E-state index < -0.39 is 0 Å². The van der Waals surface area contributed by atoms with E-state index in [-0.39, 0.29) is 29.4 Å². The van der Waals surface area contributed by atoms with Crippen LogP contribution in [0.3, 0.4) is 0 Å². The van der Waals surface area contributed by atoms with E-state index in [4.69, 9.17) is 10.5 Å². The minimum Gasteiger partial charge on any atom is -0.461 e. The smallest absolute Gasteiger partial charge is 0.319 e. The molecule has 6 atom stereocenters. The number of allylic oxidation sites excluding steroid dienone is 3. The number of hydrogen-bond donors (Lipinski definition) is 1. The van der Waals surface area contributed by atoms with Crippen LogP contribution in [-0.2, 0) is 9.53 Å². The Morgan fingerprint density at radius 2 is 2.00 bits per heavy atom. The molecule has 1 heterocycles. The number of ether oxygens (including phenoxy) is 1. The lowest BCUT2D eigenvalue weighted by atomic mass is 9.47. The van der Waals surface area contributed by atoms with Crippen molar-refractivity contribution in [2.45, 2.75) is 64.9 Å². The fourth-order valence-corrected chi connectivity index (χ4v) is 7.50. The summed E-state index contributed by atoms with van der Waals surface area (Å²) in [6.07, 6.45) is 16.8. The van der Waals surface area contributed by atoms with Gasteiger partial charge in [0.15, 0.2) is 0 Å². The first-order chi connectivity index (χ1) is 14.5. The molecule has 2 fully saturated rings. The molecular formula is C26H34N2O2. The van der Waals surface area contributed by atoms with Crippen molar-refractivity contribution in [1.82, 2.24) is 4.98 Å². The highest BCUT2D eigenvalue weighted by Crippen LogP contribution is 2.66. The Kier molecular flexibility index (Phi) is 4.89. The molecular weight excluding hydrogens is 372 g/mol. The SMILES string of the molecule is CC12CCC(OC(=O)CN)CC1=CCC1C2CCC2(C)C(c3cccnc3)=CCC12. The first-order valence-electron chi connectivity index (χ1n) is 11.7. The molecule has 1 aromatic rings. The van der Waals surface area contributed by atoms with Crippen molar-refractivity contribution >= 4 is 11.5 Å². The summed E-state index contributed by atoms with van der Waals surface area (Å²) in [4.78, 5) is 16.1. The van der Waals surface area contributed by atoms with Crippen LogP contribution in [0.15, 0.2) is 42.3 Å². The molecule has 0 aromatic carbocycles. The van der Waals surface area contributed by atoms with Gasteiger partial charge < -0.3 is 10.5 Å². The van der Waals surface area contributed by atoms with Gasteiger partial charge in [-0.05, 0) is 84.3 Å². The summed E-state index contributed by atoms with van der Waals surface area (Å²) >= 11 is 0. The van der Waals surface area contributed by atoms with Gasteiger partial charge in [0.25, 0.3) is 0 Å². The van der Waals surface area contributed by atoms with Gasteiger partial charge in [-0.15, -0.1) is 0 Å². The Bertz CT molecular complexity index is 892. The largest absolute Gasteiger partial charge is 0.461 e. The molecule has 0 spiro atoms. The van der Waals surface area contributed by atoms with Gasteiger partial charge in [-0.25, -0.2) is 0 Å². The summed E-state index contributed by atoms with van der Waals surface area (Å²) in [7, 11) is 0. The van der Waals surface area contributed by atoms with E-state index >= 15 is 0 Å². The van der Waals surface area contributed by atoms with Crippen LogP contribution in [0.1, 0.15) is 64.4 Å². The summed E-state index contributed by atoms with van der Waals surface area (Å²) in [6, 6.07) is 4.29. The van der Waals surface area contributed by atoms with Gasteiger partial charge in [-0.1, -0.05) is 37.6 Å². The Labute approximate surface area is 180 Å². The maximum Gasteiger partial charge on any atom is 0.319 e. The molecule has 4 aliphatic rings. The van der Waals surface area contributed by atoms with E-state index in [1.165, 1.54) is 42.4 Å². The zero-order valence-corrected chi connectivity index (χ0v) is 18.3. The maximum absolute atomic E-state index is 11.7. The van der Waals surface area contributed by atoms with Crippen LogP contribution < -0.4 is 5.73 Å². The number of nitrogens with two attached hydrogens (primary N) is 1. The van der Waals surface area contributed by atoms with Crippen LogP contribution >= 0.6 is 0 Å². The number of esters is 1. The molecule has 4 aliphatic carbocycles. The zero-order chi connectivity index (χ0) is 20.9. The van der Waals surface area contributed by atoms with Crippen molar-refractivity contribution in [2.75, 3.05) is 6.54 Å². The molecule has 1 aromatic heterocycles. The number of carbonyl (C=O) groups is 1. The van der Waals surface area contributed by atoms with Crippen molar-refractivity contribution in [2.24, 2.45) is 34.3 Å². The molecule has 2 saturated carbocycles. The third kappa shape index (κ3) is 2.98. The summed E-state index contributed by atoms with van der Waals surface area (Å²) in [5, 5.41) is 0. The summed E-state index contributed by atoms with van der Waals surface area (Å²) in [5.74, 6) is 1.93. The van der Waals surface area contributed by atoms with Crippen LogP contribution in [0.2, 0.25) is 0 Å². The van der Waals surface area contributed by atoms with Gasteiger partial charge in [-0.2, -0.15) is 0 Å². The molecule has 0 radical (unpaired) electrons.